The maximum Gasteiger partial charge on any atom is 0.306 e. The van der Waals surface area contributed by atoms with E-state index in [2.05, 4.69) is 5.32 Å². The lowest BCUT2D eigenvalue weighted by atomic mass is 10.1. The van der Waals surface area contributed by atoms with Gasteiger partial charge in [0.2, 0.25) is 0 Å². The molecule has 0 unspecified atom stereocenters. The number of fused-ring (bicyclic) bond motifs is 1. The predicted molar refractivity (Wildman–Crippen MR) is 63.7 cm³/mol. The Kier molecular flexibility index (Phi) is 2.70. The Balaban J connectivity index is 2.36. The van der Waals surface area contributed by atoms with Gasteiger partial charge in [-0.15, -0.1) is 0 Å². The summed E-state index contributed by atoms with van der Waals surface area (Å²) in [6.45, 7) is 0. The van der Waals surface area contributed by atoms with Gasteiger partial charge in [-0.1, -0.05) is 12.2 Å². The Morgan fingerprint density at radius 1 is 1.25 bits per heavy atom. The molecule has 1 aliphatic rings. The van der Waals surface area contributed by atoms with Crippen molar-refractivity contribution in [3.8, 4) is 5.75 Å². The lowest BCUT2D eigenvalue weighted by Gasteiger charge is -2.07. The zero-order valence-corrected chi connectivity index (χ0v) is 9.49. The van der Waals surface area contributed by atoms with Crippen molar-refractivity contribution >= 4 is 21.9 Å². The molecular formula is C11H11NO3S. The van der Waals surface area contributed by atoms with Crippen LogP contribution in [0.15, 0.2) is 36.6 Å². The lowest BCUT2D eigenvalue weighted by molar-refractivity contribution is 0.493. The van der Waals surface area contributed by atoms with Crippen molar-refractivity contribution in [3.63, 3.8) is 0 Å². The normalized spacial score (nSPS) is 13.8. The van der Waals surface area contributed by atoms with Crippen LogP contribution in [0, 0.1) is 0 Å². The summed E-state index contributed by atoms with van der Waals surface area (Å²) in [5, 5.41) is 3.07. The molecule has 4 nitrogen and oxygen atoms in total. The van der Waals surface area contributed by atoms with Crippen LogP contribution < -0.4 is 9.50 Å². The molecule has 0 bridgehead atoms. The molecule has 1 aliphatic heterocycles. The molecule has 2 rings (SSSR count). The average Bonchev–Trinajstić information content (AvgIpc) is 2.39. The fourth-order valence-corrected chi connectivity index (χ4v) is 1.84. The van der Waals surface area contributed by atoms with Crippen LogP contribution in [0.4, 0.5) is 5.69 Å². The SMILES string of the molecule is CS(=O)(=O)Oc1ccc2c(c1)C=CC=CN2. The van der Waals surface area contributed by atoms with Crippen molar-refractivity contribution < 1.29 is 12.6 Å². The quantitative estimate of drug-likeness (QED) is 0.799. The molecule has 1 heterocycles. The Morgan fingerprint density at radius 2 is 2.06 bits per heavy atom. The third-order valence-electron chi connectivity index (χ3n) is 1.99. The van der Waals surface area contributed by atoms with E-state index in [9.17, 15) is 8.42 Å². The molecule has 0 saturated heterocycles. The Morgan fingerprint density at radius 3 is 2.81 bits per heavy atom. The first kappa shape index (κ1) is 10.8. The van der Waals surface area contributed by atoms with Crippen molar-refractivity contribution in [2.24, 2.45) is 0 Å². The van der Waals surface area contributed by atoms with E-state index >= 15 is 0 Å². The number of hydrogen-bond acceptors (Lipinski definition) is 4. The van der Waals surface area contributed by atoms with Gasteiger partial charge >= 0.3 is 10.1 Å². The second kappa shape index (κ2) is 4.02. The maximum absolute atomic E-state index is 11.0. The number of nitrogens with one attached hydrogen (secondary N) is 1. The first-order valence-corrected chi connectivity index (χ1v) is 6.49. The highest BCUT2D eigenvalue weighted by Gasteiger charge is 2.07. The van der Waals surface area contributed by atoms with Crippen molar-refractivity contribution in [1.29, 1.82) is 0 Å². The molecule has 0 saturated carbocycles. The number of rotatable bonds is 2. The lowest BCUT2D eigenvalue weighted by Crippen LogP contribution is -2.05. The van der Waals surface area contributed by atoms with Gasteiger partial charge in [0.1, 0.15) is 5.75 Å². The molecule has 0 aliphatic carbocycles. The summed E-state index contributed by atoms with van der Waals surface area (Å²) in [7, 11) is -3.47. The van der Waals surface area contributed by atoms with E-state index in [1.807, 2.05) is 18.2 Å². The van der Waals surface area contributed by atoms with Crippen LogP contribution in [-0.2, 0) is 10.1 Å². The molecule has 0 fully saturated rings. The zero-order valence-electron chi connectivity index (χ0n) is 8.67. The minimum Gasteiger partial charge on any atom is -0.383 e. The van der Waals surface area contributed by atoms with Gasteiger partial charge in [0.25, 0.3) is 0 Å². The minimum atomic E-state index is -3.47. The van der Waals surface area contributed by atoms with Crippen LogP contribution in [-0.4, -0.2) is 14.7 Å². The molecule has 1 aromatic carbocycles. The Labute approximate surface area is 94.4 Å². The van der Waals surface area contributed by atoms with Gasteiger partial charge in [-0.05, 0) is 24.3 Å². The summed E-state index contributed by atoms with van der Waals surface area (Å²) < 4.78 is 26.7. The smallest absolute Gasteiger partial charge is 0.306 e. The second-order valence-corrected chi connectivity index (χ2v) is 4.97. The summed E-state index contributed by atoms with van der Waals surface area (Å²) in [4.78, 5) is 0. The zero-order chi connectivity index (χ0) is 11.6. The van der Waals surface area contributed by atoms with Gasteiger partial charge in [0.05, 0.1) is 6.26 Å². The standard InChI is InChI=1S/C11H11NO3S/c1-16(13,14)15-10-5-6-11-9(8-10)4-2-3-7-12-11/h2-8,12H,1H3. The maximum atomic E-state index is 11.0. The van der Waals surface area contributed by atoms with E-state index in [0.717, 1.165) is 17.5 Å². The molecule has 0 atom stereocenters. The van der Waals surface area contributed by atoms with Crippen LogP contribution >= 0.6 is 0 Å². The van der Waals surface area contributed by atoms with Gasteiger partial charge < -0.3 is 9.50 Å². The number of anilines is 1. The third kappa shape index (κ3) is 2.64. The van der Waals surface area contributed by atoms with Crippen molar-refractivity contribution in [2.45, 2.75) is 0 Å². The van der Waals surface area contributed by atoms with E-state index in [1.54, 1.807) is 24.4 Å². The molecule has 5 heteroatoms. The van der Waals surface area contributed by atoms with Gasteiger partial charge in [-0.2, -0.15) is 8.42 Å². The summed E-state index contributed by atoms with van der Waals surface area (Å²) >= 11 is 0. The van der Waals surface area contributed by atoms with Gasteiger partial charge in [0.15, 0.2) is 0 Å². The molecule has 0 aromatic heterocycles. The van der Waals surface area contributed by atoms with E-state index < -0.39 is 10.1 Å². The van der Waals surface area contributed by atoms with Crippen molar-refractivity contribution in [3.05, 3.63) is 42.1 Å². The fraction of sp³-hybridized carbons (Fsp3) is 0.0909. The minimum absolute atomic E-state index is 0.314. The third-order valence-corrected chi connectivity index (χ3v) is 2.49. The molecule has 0 amide bonds. The van der Waals surface area contributed by atoms with E-state index in [0.29, 0.717) is 5.75 Å². The number of benzene rings is 1. The molecular weight excluding hydrogens is 226 g/mol. The highest BCUT2D eigenvalue weighted by Crippen LogP contribution is 2.25. The first-order chi connectivity index (χ1) is 7.54. The van der Waals surface area contributed by atoms with Gasteiger partial charge in [-0.3, -0.25) is 0 Å². The summed E-state index contributed by atoms with van der Waals surface area (Å²) in [5.41, 5.74) is 1.79. The Bertz CT molecular complexity index is 559. The van der Waals surface area contributed by atoms with E-state index in [1.165, 1.54) is 0 Å². The van der Waals surface area contributed by atoms with Gasteiger partial charge in [0, 0.05) is 17.5 Å². The second-order valence-electron chi connectivity index (χ2n) is 3.40. The summed E-state index contributed by atoms with van der Waals surface area (Å²) in [6.07, 6.45) is 8.43. The topological polar surface area (TPSA) is 55.4 Å². The molecule has 0 spiro atoms. The molecule has 0 radical (unpaired) electrons. The Hall–Kier alpha value is -1.75. The molecule has 1 N–H and O–H groups in total. The van der Waals surface area contributed by atoms with Crippen LogP contribution in [0.5, 0.6) is 5.75 Å². The molecule has 16 heavy (non-hydrogen) atoms. The van der Waals surface area contributed by atoms with E-state index in [-0.39, 0.29) is 0 Å². The van der Waals surface area contributed by atoms with Crippen molar-refractivity contribution in [1.82, 2.24) is 0 Å². The predicted octanol–water partition coefficient (Wildman–Crippen LogP) is 1.98. The summed E-state index contributed by atoms with van der Waals surface area (Å²) in [6, 6.07) is 5.06. The number of allylic oxidation sites excluding steroid dienone is 2. The van der Waals surface area contributed by atoms with Crippen LogP contribution in [0.1, 0.15) is 5.56 Å². The van der Waals surface area contributed by atoms with Crippen LogP contribution in [0.2, 0.25) is 0 Å². The van der Waals surface area contributed by atoms with Crippen LogP contribution in [0.25, 0.3) is 6.08 Å². The van der Waals surface area contributed by atoms with Gasteiger partial charge in [-0.25, -0.2) is 0 Å². The first-order valence-electron chi connectivity index (χ1n) is 4.68. The highest BCUT2D eigenvalue weighted by atomic mass is 32.2. The molecule has 1 aromatic rings. The average molecular weight is 237 g/mol. The molecule has 84 valence electrons. The van der Waals surface area contributed by atoms with E-state index in [4.69, 9.17) is 4.18 Å². The largest absolute Gasteiger partial charge is 0.383 e. The van der Waals surface area contributed by atoms with Crippen LogP contribution in [0.3, 0.4) is 0 Å². The monoisotopic (exact) mass is 237 g/mol. The fourth-order valence-electron chi connectivity index (χ4n) is 1.39. The highest BCUT2D eigenvalue weighted by molar-refractivity contribution is 7.86. The van der Waals surface area contributed by atoms with Crippen molar-refractivity contribution in [2.75, 3.05) is 11.6 Å². The summed E-state index contributed by atoms with van der Waals surface area (Å²) in [5.74, 6) is 0.314. The number of hydrogen-bond donors (Lipinski definition) is 1.